The van der Waals surface area contributed by atoms with E-state index in [9.17, 15) is 14.0 Å². The van der Waals surface area contributed by atoms with Crippen LogP contribution in [0, 0.1) is 22.6 Å². The van der Waals surface area contributed by atoms with Crippen LogP contribution >= 0.6 is 11.6 Å². The highest BCUT2D eigenvalue weighted by Gasteiger charge is 2.67. The lowest BCUT2D eigenvalue weighted by molar-refractivity contribution is -0.174. The Morgan fingerprint density at radius 3 is 2.71 bits per heavy atom. The average molecular weight is 354 g/mol. The van der Waals surface area contributed by atoms with Gasteiger partial charge in [-0.25, -0.2) is 4.39 Å². The van der Waals surface area contributed by atoms with Crippen molar-refractivity contribution in [1.82, 2.24) is 4.90 Å². The lowest BCUT2D eigenvalue weighted by Gasteiger charge is -2.54. The van der Waals surface area contributed by atoms with E-state index in [0.717, 1.165) is 0 Å². The number of ether oxygens (including phenoxy) is 1. The number of fused-ring (bicyclic) bond motifs is 1. The quantitative estimate of drug-likeness (QED) is 0.784. The van der Waals surface area contributed by atoms with E-state index in [1.165, 1.54) is 19.2 Å². The molecule has 1 saturated heterocycles. The van der Waals surface area contributed by atoms with Crippen molar-refractivity contribution in [3.8, 4) is 0 Å². The van der Waals surface area contributed by atoms with Crippen LogP contribution in [0.1, 0.15) is 25.8 Å². The topological polar surface area (TPSA) is 46.6 Å². The number of likely N-dealkylation sites (tertiary alicyclic amines) is 1. The molecule has 1 aromatic carbocycles. The van der Waals surface area contributed by atoms with E-state index in [2.05, 4.69) is 13.8 Å². The highest BCUT2D eigenvalue weighted by Crippen LogP contribution is 2.63. The van der Waals surface area contributed by atoms with Gasteiger partial charge in [-0.1, -0.05) is 31.5 Å². The third-order valence-corrected chi connectivity index (χ3v) is 5.95. The fraction of sp³-hybridized carbons (Fsp3) is 0.556. The number of rotatable bonds is 3. The number of carbonyl (C=O) groups is 2. The third-order valence-electron chi connectivity index (χ3n) is 5.59. The summed E-state index contributed by atoms with van der Waals surface area (Å²) < 4.78 is 18.9. The van der Waals surface area contributed by atoms with Gasteiger partial charge < -0.3 is 9.64 Å². The van der Waals surface area contributed by atoms with Crippen LogP contribution in [0.15, 0.2) is 18.2 Å². The van der Waals surface area contributed by atoms with Gasteiger partial charge in [-0.3, -0.25) is 9.59 Å². The maximum absolute atomic E-state index is 13.9. The van der Waals surface area contributed by atoms with Crippen LogP contribution < -0.4 is 0 Å². The maximum atomic E-state index is 13.9. The largest absolute Gasteiger partial charge is 0.469 e. The van der Waals surface area contributed by atoms with E-state index < -0.39 is 11.2 Å². The Morgan fingerprint density at radius 2 is 2.12 bits per heavy atom. The number of hydrogen-bond donors (Lipinski definition) is 0. The van der Waals surface area contributed by atoms with Crippen LogP contribution in [0.4, 0.5) is 4.39 Å². The predicted molar refractivity (Wildman–Crippen MR) is 88.0 cm³/mol. The van der Waals surface area contributed by atoms with Gasteiger partial charge in [0, 0.05) is 23.7 Å². The van der Waals surface area contributed by atoms with Crippen LogP contribution in [-0.2, 0) is 20.7 Å². The van der Waals surface area contributed by atoms with Gasteiger partial charge in [-0.05, 0) is 29.9 Å². The predicted octanol–water partition coefficient (Wildman–Crippen LogP) is 3.07. The van der Waals surface area contributed by atoms with Crippen molar-refractivity contribution in [1.29, 1.82) is 0 Å². The summed E-state index contributed by atoms with van der Waals surface area (Å²) >= 11 is 6.01. The van der Waals surface area contributed by atoms with E-state index >= 15 is 0 Å². The number of amides is 1. The monoisotopic (exact) mass is 353 g/mol. The van der Waals surface area contributed by atoms with Crippen LogP contribution in [0.3, 0.4) is 0 Å². The first-order valence-corrected chi connectivity index (χ1v) is 8.38. The molecule has 0 bridgehead atoms. The smallest absolute Gasteiger partial charge is 0.314 e. The van der Waals surface area contributed by atoms with E-state index in [4.69, 9.17) is 16.3 Å². The van der Waals surface area contributed by atoms with Crippen molar-refractivity contribution < 1.29 is 18.7 Å². The Hall–Kier alpha value is -1.62. The molecule has 0 N–H and O–H groups in total. The SMILES string of the molecule is COC(=O)[C@@]12CN(C(=O)Cc3c(F)cccc3Cl)C[C@@H]1C(C)(C)C2. The van der Waals surface area contributed by atoms with Gasteiger partial charge in [0.25, 0.3) is 0 Å². The molecule has 130 valence electrons. The Bertz CT molecular complexity index is 685. The van der Waals surface area contributed by atoms with Gasteiger partial charge in [-0.2, -0.15) is 0 Å². The zero-order chi connectivity index (χ0) is 17.7. The number of hydrogen-bond acceptors (Lipinski definition) is 3. The Balaban J connectivity index is 1.79. The summed E-state index contributed by atoms with van der Waals surface area (Å²) in [7, 11) is 1.38. The van der Waals surface area contributed by atoms with Crippen molar-refractivity contribution >= 4 is 23.5 Å². The van der Waals surface area contributed by atoms with Gasteiger partial charge in [-0.15, -0.1) is 0 Å². The van der Waals surface area contributed by atoms with Crippen molar-refractivity contribution in [3.63, 3.8) is 0 Å². The molecular formula is C18H21ClFNO3. The molecule has 1 saturated carbocycles. The number of benzene rings is 1. The Kier molecular flexibility index (Phi) is 4.11. The van der Waals surface area contributed by atoms with Crippen LogP contribution in [0.2, 0.25) is 5.02 Å². The highest BCUT2D eigenvalue weighted by molar-refractivity contribution is 6.31. The highest BCUT2D eigenvalue weighted by atomic mass is 35.5. The molecule has 0 spiro atoms. The molecule has 4 nitrogen and oxygen atoms in total. The molecular weight excluding hydrogens is 333 g/mol. The molecule has 1 aromatic rings. The molecule has 0 radical (unpaired) electrons. The van der Waals surface area contributed by atoms with Crippen LogP contribution in [0.5, 0.6) is 0 Å². The fourth-order valence-corrected chi connectivity index (χ4v) is 4.76. The molecule has 6 heteroatoms. The average Bonchev–Trinajstić information content (AvgIpc) is 2.86. The lowest BCUT2D eigenvalue weighted by atomic mass is 9.48. The molecule has 2 fully saturated rings. The van der Waals surface area contributed by atoms with Gasteiger partial charge in [0.05, 0.1) is 18.9 Å². The number of nitrogens with zero attached hydrogens (tertiary/aromatic N) is 1. The number of carbonyl (C=O) groups excluding carboxylic acids is 2. The second-order valence-electron chi connectivity index (χ2n) is 7.52. The second-order valence-corrected chi connectivity index (χ2v) is 7.92. The van der Waals surface area contributed by atoms with E-state index in [0.29, 0.717) is 19.5 Å². The fourth-order valence-electron chi connectivity index (χ4n) is 4.53. The summed E-state index contributed by atoms with van der Waals surface area (Å²) in [6.45, 7) is 5.02. The van der Waals surface area contributed by atoms with Crippen molar-refractivity contribution in [2.45, 2.75) is 26.7 Å². The third kappa shape index (κ3) is 2.50. The molecule has 1 aliphatic carbocycles. The first-order valence-electron chi connectivity index (χ1n) is 8.00. The Morgan fingerprint density at radius 1 is 1.42 bits per heavy atom. The minimum Gasteiger partial charge on any atom is -0.469 e. The standard InChI is InChI=1S/C18H21ClFNO3/c1-17(2)9-18(16(23)24-3)10-21(8-14(17)18)15(22)7-11-12(19)5-4-6-13(11)20/h4-6,14H,7-10H2,1-3H3/t14-,18+/m1/s1. The van der Waals surface area contributed by atoms with Crippen molar-refractivity contribution in [2.24, 2.45) is 16.7 Å². The van der Waals surface area contributed by atoms with Crippen LogP contribution in [-0.4, -0.2) is 37.0 Å². The molecule has 2 atom stereocenters. The van der Waals surface area contributed by atoms with E-state index in [1.807, 2.05) is 0 Å². The summed E-state index contributed by atoms with van der Waals surface area (Å²) in [5.41, 5.74) is -0.430. The summed E-state index contributed by atoms with van der Waals surface area (Å²) in [6, 6.07) is 4.37. The molecule has 24 heavy (non-hydrogen) atoms. The van der Waals surface area contributed by atoms with Gasteiger partial charge in [0.2, 0.25) is 5.91 Å². The second kappa shape index (κ2) is 5.73. The summed E-state index contributed by atoms with van der Waals surface area (Å²) in [6.07, 6.45) is 0.595. The number of methoxy groups -OCH3 is 1. The zero-order valence-corrected chi connectivity index (χ0v) is 14.8. The minimum absolute atomic E-state index is 0.0150. The molecule has 3 rings (SSSR count). The Labute approximate surface area is 145 Å². The van der Waals surface area contributed by atoms with Gasteiger partial charge in [0.15, 0.2) is 0 Å². The van der Waals surface area contributed by atoms with Crippen molar-refractivity contribution in [3.05, 3.63) is 34.6 Å². The van der Waals surface area contributed by atoms with E-state index in [1.54, 1.807) is 11.0 Å². The number of halogens is 2. The molecule has 1 heterocycles. The van der Waals surface area contributed by atoms with Gasteiger partial charge in [0.1, 0.15) is 5.82 Å². The first-order chi connectivity index (χ1) is 11.2. The normalized spacial score (nSPS) is 27.4. The molecule has 1 aliphatic heterocycles. The van der Waals surface area contributed by atoms with Crippen LogP contribution in [0.25, 0.3) is 0 Å². The first kappa shape index (κ1) is 17.2. The van der Waals surface area contributed by atoms with Crippen molar-refractivity contribution in [2.75, 3.05) is 20.2 Å². The van der Waals surface area contributed by atoms with E-state index in [-0.39, 0.29) is 40.2 Å². The zero-order valence-electron chi connectivity index (χ0n) is 14.1. The molecule has 2 aliphatic rings. The molecule has 0 aromatic heterocycles. The molecule has 0 unspecified atom stereocenters. The minimum atomic E-state index is -0.618. The summed E-state index contributed by atoms with van der Waals surface area (Å²) in [4.78, 5) is 26.6. The number of esters is 1. The summed E-state index contributed by atoms with van der Waals surface area (Å²) in [5, 5.41) is 0.244. The summed E-state index contributed by atoms with van der Waals surface area (Å²) in [5.74, 6) is -0.889. The van der Waals surface area contributed by atoms with Gasteiger partial charge >= 0.3 is 5.97 Å². The maximum Gasteiger partial charge on any atom is 0.314 e. The lowest BCUT2D eigenvalue weighted by Crippen LogP contribution is -2.57. The molecule has 1 amide bonds.